The number of hydrogen-bond donors (Lipinski definition) is 0. The van der Waals surface area contributed by atoms with Crippen LogP contribution < -0.4 is 4.90 Å². The van der Waals surface area contributed by atoms with Crippen LogP contribution in [-0.2, 0) is 9.47 Å². The summed E-state index contributed by atoms with van der Waals surface area (Å²) in [6.07, 6.45) is 6.10. The molecule has 3 aromatic heterocycles. The maximum Gasteiger partial charge on any atom is 0.228 e. The Morgan fingerprint density at radius 2 is 1.83 bits per heavy atom. The van der Waals surface area contributed by atoms with Crippen LogP contribution >= 0.6 is 0 Å². The molecule has 186 valence electrons. The molecule has 0 amide bonds. The van der Waals surface area contributed by atoms with Crippen molar-refractivity contribution in [3.8, 4) is 11.3 Å². The van der Waals surface area contributed by atoms with Gasteiger partial charge in [-0.1, -0.05) is 0 Å². The smallest absolute Gasteiger partial charge is 0.228 e. The van der Waals surface area contributed by atoms with Crippen molar-refractivity contribution in [2.24, 2.45) is 0 Å². The second-order valence-corrected chi connectivity index (χ2v) is 9.21. The number of fused-ring (bicyclic) bond motifs is 3. The van der Waals surface area contributed by atoms with Crippen molar-refractivity contribution < 1.29 is 18.3 Å². The van der Waals surface area contributed by atoms with Crippen molar-refractivity contribution in [2.75, 3.05) is 24.6 Å². The Kier molecular flexibility index (Phi) is 5.81. The molecule has 0 radical (unpaired) electrons. The summed E-state index contributed by atoms with van der Waals surface area (Å²) >= 11 is 0. The highest BCUT2D eigenvalue weighted by Crippen LogP contribution is 2.33. The fourth-order valence-corrected chi connectivity index (χ4v) is 4.31. The molecule has 2 atom stereocenters. The van der Waals surface area contributed by atoms with E-state index in [9.17, 15) is 8.78 Å². The van der Waals surface area contributed by atoms with E-state index in [1.807, 2.05) is 41.9 Å². The summed E-state index contributed by atoms with van der Waals surface area (Å²) in [7, 11) is 0. The van der Waals surface area contributed by atoms with E-state index in [2.05, 4.69) is 25.0 Å². The van der Waals surface area contributed by atoms with E-state index in [0.29, 0.717) is 42.5 Å². The van der Waals surface area contributed by atoms with Gasteiger partial charge >= 0.3 is 0 Å². The lowest BCUT2D eigenvalue weighted by Gasteiger charge is -2.30. The molecule has 1 aromatic carbocycles. The molecule has 11 heteroatoms. The van der Waals surface area contributed by atoms with E-state index in [1.165, 1.54) is 25.0 Å². The summed E-state index contributed by atoms with van der Waals surface area (Å²) in [6.45, 7) is 5.20. The van der Waals surface area contributed by atoms with Gasteiger partial charge < -0.3 is 14.4 Å². The third-order valence-corrected chi connectivity index (χ3v) is 6.45. The van der Waals surface area contributed by atoms with Crippen LogP contribution in [0.2, 0.25) is 0 Å². The molecule has 2 saturated heterocycles. The Balaban J connectivity index is 0.000000253. The van der Waals surface area contributed by atoms with Crippen LogP contribution in [0.1, 0.15) is 30.3 Å². The highest BCUT2D eigenvalue weighted by Gasteiger charge is 2.36. The first-order chi connectivity index (χ1) is 17.4. The van der Waals surface area contributed by atoms with Gasteiger partial charge in [0.15, 0.2) is 11.9 Å². The predicted octanol–water partition coefficient (Wildman–Crippen LogP) is 3.76. The highest BCUT2D eigenvalue weighted by molar-refractivity contribution is 5.88. The molecule has 5 heterocycles. The highest BCUT2D eigenvalue weighted by atomic mass is 19.1. The first kappa shape index (κ1) is 22.9. The third-order valence-electron chi connectivity index (χ3n) is 6.45. The standard InChI is InChI=1S/C19H17F2N5O2.C6H8N2/c1-9-10(2)23-18-17(22-9)16(13-4-3-11(20)5-14(13)21)24-19(25-18)26-6-12-8-27-15(7-26)28-12;1-4-7-8(5-1)6-2-3-6/h3-5,12,15H,6-8H2,1-2H3;1,4-6H,2-3H2/t12-,15?;/m0./s1. The number of benzene rings is 1. The summed E-state index contributed by atoms with van der Waals surface area (Å²) in [5.74, 6) is -0.969. The SMILES string of the molecule is Cc1nc2nc(N3CC4OC[C@H](C3)O4)nc(-c3ccc(F)cc3F)c2nc1C.c1cnn(C2CC2)c1. The molecule has 9 nitrogen and oxygen atoms in total. The quantitative estimate of drug-likeness (QED) is 0.426. The van der Waals surface area contributed by atoms with Crippen LogP contribution in [0.15, 0.2) is 36.7 Å². The summed E-state index contributed by atoms with van der Waals surface area (Å²) in [5, 5.41) is 4.09. The fourth-order valence-electron chi connectivity index (χ4n) is 4.31. The monoisotopic (exact) mass is 493 g/mol. The van der Waals surface area contributed by atoms with Gasteiger partial charge in [-0.15, -0.1) is 0 Å². The fraction of sp³-hybridized carbons (Fsp3) is 0.400. The molecule has 2 aliphatic heterocycles. The van der Waals surface area contributed by atoms with Crippen LogP contribution in [0.4, 0.5) is 14.7 Å². The normalized spacial score (nSPS) is 20.9. The number of aromatic nitrogens is 6. The molecule has 3 aliphatic rings. The maximum absolute atomic E-state index is 14.5. The number of aryl methyl sites for hydroxylation is 2. The summed E-state index contributed by atoms with van der Waals surface area (Å²) in [6, 6.07) is 6.10. The molecule has 4 aromatic rings. The molecule has 7 rings (SSSR count). The lowest BCUT2D eigenvalue weighted by Crippen LogP contribution is -2.44. The predicted molar refractivity (Wildman–Crippen MR) is 127 cm³/mol. The molecular formula is C25H25F2N7O2. The number of anilines is 1. The van der Waals surface area contributed by atoms with Gasteiger partial charge in [-0.25, -0.2) is 23.7 Å². The van der Waals surface area contributed by atoms with E-state index >= 15 is 0 Å². The van der Waals surface area contributed by atoms with Crippen molar-refractivity contribution in [1.82, 2.24) is 29.7 Å². The lowest BCUT2D eigenvalue weighted by molar-refractivity contribution is -0.0628. The minimum Gasteiger partial charge on any atom is -0.348 e. The molecule has 2 bridgehead atoms. The van der Waals surface area contributed by atoms with Gasteiger partial charge in [0.05, 0.1) is 30.6 Å². The van der Waals surface area contributed by atoms with Crippen molar-refractivity contribution >= 4 is 17.1 Å². The lowest BCUT2D eigenvalue weighted by atomic mass is 10.1. The second kappa shape index (κ2) is 9.14. The van der Waals surface area contributed by atoms with Crippen LogP contribution in [0.3, 0.4) is 0 Å². The van der Waals surface area contributed by atoms with Crippen molar-refractivity contribution in [1.29, 1.82) is 0 Å². The van der Waals surface area contributed by atoms with Crippen molar-refractivity contribution in [3.63, 3.8) is 0 Å². The molecule has 1 saturated carbocycles. The molecule has 0 spiro atoms. The van der Waals surface area contributed by atoms with Gasteiger partial charge in [0.1, 0.15) is 28.9 Å². The zero-order valence-corrected chi connectivity index (χ0v) is 19.9. The van der Waals surface area contributed by atoms with Crippen molar-refractivity contribution in [2.45, 2.75) is 45.1 Å². The van der Waals surface area contributed by atoms with Crippen LogP contribution in [0.5, 0.6) is 0 Å². The third kappa shape index (κ3) is 4.51. The first-order valence-electron chi connectivity index (χ1n) is 11.9. The number of halogens is 2. The zero-order chi connectivity index (χ0) is 24.8. The molecular weight excluding hydrogens is 468 g/mol. The molecule has 36 heavy (non-hydrogen) atoms. The maximum atomic E-state index is 14.5. The van der Waals surface area contributed by atoms with Crippen LogP contribution in [-0.4, -0.2) is 61.8 Å². The van der Waals surface area contributed by atoms with E-state index in [4.69, 9.17) is 9.47 Å². The van der Waals surface area contributed by atoms with Gasteiger partial charge in [-0.05, 0) is 44.9 Å². The molecule has 3 fully saturated rings. The van der Waals surface area contributed by atoms with Gasteiger partial charge in [-0.3, -0.25) is 4.68 Å². The van der Waals surface area contributed by atoms with E-state index < -0.39 is 11.6 Å². The summed E-state index contributed by atoms with van der Waals surface area (Å²) < 4.78 is 41.2. The molecule has 1 unspecified atom stereocenters. The summed E-state index contributed by atoms with van der Waals surface area (Å²) in [5.41, 5.74) is 2.61. The Labute approximate surface area is 206 Å². The Hall–Kier alpha value is -3.57. The van der Waals surface area contributed by atoms with Gasteiger partial charge in [0, 0.05) is 30.6 Å². The second-order valence-electron chi connectivity index (χ2n) is 9.21. The van der Waals surface area contributed by atoms with Gasteiger partial charge in [-0.2, -0.15) is 10.1 Å². The Morgan fingerprint density at radius 1 is 1.00 bits per heavy atom. The number of rotatable bonds is 3. The van der Waals surface area contributed by atoms with Gasteiger partial charge in [0.2, 0.25) is 5.95 Å². The minimum atomic E-state index is -0.712. The number of morpholine rings is 1. The molecule has 0 N–H and O–H groups in total. The molecule has 1 aliphatic carbocycles. The van der Waals surface area contributed by atoms with Crippen molar-refractivity contribution in [3.05, 3.63) is 59.7 Å². The van der Waals surface area contributed by atoms with Gasteiger partial charge in [0.25, 0.3) is 0 Å². The van der Waals surface area contributed by atoms with Crippen LogP contribution in [0, 0.1) is 25.5 Å². The number of nitrogens with zero attached hydrogens (tertiary/aromatic N) is 7. The van der Waals surface area contributed by atoms with E-state index in [1.54, 1.807) is 0 Å². The number of hydrogen-bond acceptors (Lipinski definition) is 8. The average molecular weight is 494 g/mol. The number of ether oxygens (including phenoxy) is 2. The largest absolute Gasteiger partial charge is 0.348 e. The van der Waals surface area contributed by atoms with E-state index in [0.717, 1.165) is 17.8 Å². The topological polar surface area (TPSA) is 91.1 Å². The minimum absolute atomic E-state index is 0.0603. The average Bonchev–Trinajstić information content (AvgIpc) is 3.45. The first-order valence-corrected chi connectivity index (χ1v) is 11.9. The Morgan fingerprint density at radius 3 is 2.56 bits per heavy atom. The van der Waals surface area contributed by atoms with E-state index in [-0.39, 0.29) is 23.7 Å². The Bertz CT molecular complexity index is 1400. The zero-order valence-electron chi connectivity index (χ0n) is 19.9. The summed E-state index contributed by atoms with van der Waals surface area (Å²) in [4.78, 5) is 20.1. The van der Waals surface area contributed by atoms with Crippen LogP contribution in [0.25, 0.3) is 22.4 Å².